The van der Waals surface area contributed by atoms with Gasteiger partial charge in [-0.05, 0) is 206 Å². The van der Waals surface area contributed by atoms with Crippen LogP contribution in [0.5, 0.6) is 0 Å². The molecule has 0 atom stereocenters. The van der Waals surface area contributed by atoms with Crippen molar-refractivity contribution in [3.63, 3.8) is 0 Å². The fraction of sp³-hybridized carbons (Fsp3) is 0.395. The van der Waals surface area contributed by atoms with Crippen LogP contribution in [0.1, 0.15) is 199 Å². The zero-order chi connectivity index (χ0) is 92.4. The number of terminal acetylenes is 1. The quantitative estimate of drug-likeness (QED) is 0.00825. The first-order valence-electron chi connectivity index (χ1n) is 41.7. The second-order valence-corrected chi connectivity index (χ2v) is 32.1. The SMILES string of the molecule is C#CC(=O)OC(C)(C)C.CCOC(=O)C(=O)CN.CCn1ncn(-c2cc(C3CC3)cn3cc(CCl)nc23)c(=O)c1=O.CCn1ncn(-c2cc(C3CC3)cn3cc(CN=[N+]=[N-])nc23)c(=O)c1=O.CCn1ncn(-c2cc(C3CC3)cn3cc(CO)nc23)c(=O)c1=O.Nc1cc(C2CC2)cn2cc(CO)nc12.O=C1CN=CN(c2cc(C3CC3)cn3cc(CO)nc23)C1=O. The molecular formula is C86H95ClN26O16. The summed E-state index contributed by atoms with van der Waals surface area (Å²) in [6, 6.07) is 9.59. The van der Waals surface area contributed by atoms with Crippen LogP contribution in [0, 0.1) is 12.3 Å². The molecule has 43 heteroatoms. The lowest BCUT2D eigenvalue weighted by Crippen LogP contribution is -2.41. The lowest BCUT2D eigenvalue weighted by Gasteiger charge is -2.21. The van der Waals surface area contributed by atoms with Gasteiger partial charge in [-0.15, -0.1) is 18.0 Å². The number of rotatable bonds is 21. The van der Waals surface area contributed by atoms with Crippen LogP contribution < -0.4 is 49.7 Å². The number of aliphatic imine (C=N–C) groups is 1. The number of esters is 2. The summed E-state index contributed by atoms with van der Waals surface area (Å²) in [5.74, 6) is 1.43. The molecule has 0 bridgehead atoms. The van der Waals surface area contributed by atoms with Crippen LogP contribution in [-0.2, 0) is 85.3 Å². The number of nitrogens with zero attached hydrogens (tertiary/aromatic N) is 24. The van der Waals surface area contributed by atoms with E-state index in [1.807, 2.05) is 86.6 Å². The molecule has 0 radical (unpaired) electrons. The van der Waals surface area contributed by atoms with E-state index in [1.165, 1.54) is 62.3 Å². The lowest BCUT2D eigenvalue weighted by molar-refractivity contribution is -0.152. The van der Waals surface area contributed by atoms with Crippen molar-refractivity contribution >= 4 is 87.0 Å². The summed E-state index contributed by atoms with van der Waals surface area (Å²) >= 11 is 5.90. The second kappa shape index (κ2) is 40.0. The topological polar surface area (TPSA) is 538 Å². The molecule has 0 saturated heterocycles. The number of imidazole rings is 5. The number of azide groups is 1. The highest BCUT2D eigenvalue weighted by atomic mass is 35.5. The third kappa shape index (κ3) is 21.6. The summed E-state index contributed by atoms with van der Waals surface area (Å²) in [4.78, 5) is 159. The third-order valence-corrected chi connectivity index (χ3v) is 21.4. The van der Waals surface area contributed by atoms with Gasteiger partial charge in [0.05, 0.1) is 109 Å². The normalized spacial score (nSPS) is 14.5. The number of pyridine rings is 5. The van der Waals surface area contributed by atoms with Gasteiger partial charge in [0, 0.05) is 92.4 Å². The highest BCUT2D eigenvalue weighted by Crippen LogP contribution is 2.45. The van der Waals surface area contributed by atoms with Gasteiger partial charge >= 0.3 is 51.2 Å². The molecule has 129 heavy (non-hydrogen) atoms. The van der Waals surface area contributed by atoms with E-state index in [9.17, 15) is 63.0 Å². The number of ether oxygens (including phenoxy) is 2. The average molecular weight is 1780 g/mol. The van der Waals surface area contributed by atoms with Crippen LogP contribution in [0.15, 0.2) is 150 Å². The number of hydrogen-bond acceptors (Lipinski definition) is 28. The predicted octanol–water partition coefficient (Wildman–Crippen LogP) is 5.83. The summed E-state index contributed by atoms with van der Waals surface area (Å²) in [6.45, 7) is 12.7. The van der Waals surface area contributed by atoms with E-state index in [2.05, 4.69) is 66.2 Å². The third-order valence-electron chi connectivity index (χ3n) is 21.1. The summed E-state index contributed by atoms with van der Waals surface area (Å²) in [6.07, 6.45) is 40.5. The van der Waals surface area contributed by atoms with E-state index < -0.39 is 68.4 Å². The summed E-state index contributed by atoms with van der Waals surface area (Å²) in [5.41, 5.74) is 29.2. The number of fused-ring (bicyclic) bond motifs is 5. The van der Waals surface area contributed by atoms with E-state index >= 15 is 0 Å². The fourth-order valence-electron chi connectivity index (χ4n) is 13.9. The van der Waals surface area contributed by atoms with Crippen molar-refractivity contribution in [3.8, 4) is 29.4 Å². The Morgan fingerprint density at radius 1 is 0.519 bits per heavy atom. The van der Waals surface area contributed by atoms with Gasteiger partial charge < -0.3 is 58.3 Å². The zero-order valence-corrected chi connectivity index (χ0v) is 72.5. The molecular weight excluding hydrogens is 1690 g/mol. The molecule has 0 unspecified atom stereocenters. The van der Waals surface area contributed by atoms with E-state index in [0.29, 0.717) is 129 Å². The van der Waals surface area contributed by atoms with Crippen molar-refractivity contribution < 1.29 is 48.8 Å². The number of aliphatic hydroxyl groups is 3. The summed E-state index contributed by atoms with van der Waals surface area (Å²) < 4.78 is 25.4. The molecule has 7 N–H and O–H groups in total. The molecule has 5 fully saturated rings. The number of halogens is 1. The Kier molecular flexibility index (Phi) is 28.6. The minimum absolute atomic E-state index is 0.0418. The van der Waals surface area contributed by atoms with Crippen LogP contribution in [0.3, 0.4) is 0 Å². The Bertz CT molecular complexity index is 6830. The Hall–Kier alpha value is -14.5. The van der Waals surface area contributed by atoms with Crippen molar-refractivity contribution in [2.45, 2.75) is 200 Å². The number of nitrogens with two attached hydrogens (primary N) is 2. The van der Waals surface area contributed by atoms with E-state index in [-0.39, 0.29) is 51.9 Å². The molecule has 0 aromatic carbocycles. The van der Waals surface area contributed by atoms with Gasteiger partial charge in [-0.2, -0.15) is 15.3 Å². The van der Waals surface area contributed by atoms with Gasteiger partial charge in [-0.1, -0.05) is 5.11 Å². The van der Waals surface area contributed by atoms with Crippen molar-refractivity contribution in [1.82, 2.24) is 90.0 Å². The van der Waals surface area contributed by atoms with Gasteiger partial charge in [0.15, 0.2) is 28.2 Å². The van der Waals surface area contributed by atoms with Crippen molar-refractivity contribution in [2.24, 2.45) is 15.8 Å². The fourth-order valence-corrected chi connectivity index (χ4v) is 14.0. The number of ketones is 2. The van der Waals surface area contributed by atoms with Crippen LogP contribution >= 0.6 is 11.6 Å². The lowest BCUT2D eigenvalue weighted by atomic mass is 10.1. The smallest absolute Gasteiger partial charge is 0.384 e. The number of Topliss-reactive ketones (excluding diaryl/α,β-unsaturated/α-hetero) is 2. The van der Waals surface area contributed by atoms with Crippen LogP contribution in [0.2, 0.25) is 0 Å². The first-order valence-corrected chi connectivity index (χ1v) is 42.3. The maximum atomic E-state index is 12.6. The summed E-state index contributed by atoms with van der Waals surface area (Å²) in [5, 5.41) is 43.3. The predicted molar refractivity (Wildman–Crippen MR) is 472 cm³/mol. The molecule has 6 aliphatic rings. The number of alkyl halides is 1. The van der Waals surface area contributed by atoms with Gasteiger partial charge in [-0.3, -0.25) is 66.7 Å². The molecule has 13 aromatic heterocycles. The first-order chi connectivity index (χ1) is 62.0. The minimum Gasteiger partial charge on any atom is -0.460 e. The second-order valence-electron chi connectivity index (χ2n) is 31.9. The van der Waals surface area contributed by atoms with Gasteiger partial charge in [0.1, 0.15) is 31.1 Å². The number of carbonyl (C=O) groups is 5. The number of anilines is 2. The largest absolute Gasteiger partial charge is 0.460 e. The number of carbonyl (C=O) groups excluding carboxylic acids is 5. The monoisotopic (exact) mass is 1780 g/mol. The van der Waals surface area contributed by atoms with Gasteiger partial charge in [0.2, 0.25) is 5.78 Å². The van der Waals surface area contributed by atoms with E-state index in [4.69, 9.17) is 44.9 Å². The maximum absolute atomic E-state index is 12.6. The molecule has 672 valence electrons. The molecule has 0 spiro atoms. The number of aliphatic hydroxyl groups excluding tert-OH is 3. The van der Waals surface area contributed by atoms with E-state index in [0.717, 1.165) is 93.3 Å². The Morgan fingerprint density at radius 2 is 0.860 bits per heavy atom. The molecule has 1 aliphatic heterocycles. The van der Waals surface area contributed by atoms with Crippen LogP contribution in [-0.4, -0.2) is 166 Å². The minimum atomic E-state index is -0.847. The summed E-state index contributed by atoms with van der Waals surface area (Å²) in [7, 11) is 0. The zero-order valence-electron chi connectivity index (χ0n) is 71.7. The Labute approximate surface area is 737 Å². The molecule has 5 aliphatic carbocycles. The first kappa shape index (κ1) is 92.2. The Balaban J connectivity index is 0.000000132. The maximum Gasteiger partial charge on any atom is 0.384 e. The van der Waals surface area contributed by atoms with Crippen molar-refractivity contribution in [3.05, 3.63) is 240 Å². The molecule has 1 amide bonds. The molecule has 42 nitrogen and oxygen atoms in total. The van der Waals surface area contributed by atoms with Gasteiger partial charge in [-0.25, -0.2) is 48.6 Å². The highest BCUT2D eigenvalue weighted by molar-refractivity contribution is 6.47. The van der Waals surface area contributed by atoms with E-state index in [1.54, 1.807) is 75.9 Å². The number of hydrogen-bond donors (Lipinski definition) is 5. The number of nitrogen functional groups attached to an aromatic ring is 1. The molecule has 14 heterocycles. The molecule has 19 rings (SSSR count). The van der Waals surface area contributed by atoms with Gasteiger partial charge in [0.25, 0.3) is 5.78 Å². The highest BCUT2D eigenvalue weighted by Gasteiger charge is 2.33. The Morgan fingerprint density at radius 3 is 1.19 bits per heavy atom. The number of amides is 1. The van der Waals surface area contributed by atoms with Crippen molar-refractivity contribution in [1.29, 1.82) is 0 Å². The molecule has 5 saturated carbocycles. The number of aromatic nitrogens is 19. The van der Waals surface area contributed by atoms with Crippen LogP contribution in [0.4, 0.5) is 11.4 Å². The standard InChI is InChI=1S/C16H16ClN5O2.C16H16N8O2.C16H17N5O3.C15H14N4O3.C11H13N3O.C7H10O2.C5H9NO3/c1-2-22-16(24)15(23)21(9-18-22)13-5-11(10-3-4-10)7-20-8-12(6-17)19-14(13)20;1-2-24-16(26)15(25)23(9-19-24)13-5-11(10-3-4-10)7-22-8-12(6-18-21-17)20-14(13)22;1-2-21-16(24)15(23)20(9-17-21)13-5-11(10-3-4-10)6-19-7-12(8-22)18-14(13)19;20-7-11-6-18-5-10(9-1-2-9)3-12(14(18)17-11)19-8-16-4-13(21)15(19)22;12-10-3-8(7-1-2-7)4-14-5-9(6-15)13-11(10)14;1-5-6(8)9-7(2,3)4;1-2-9-5(8)4(7)3-6/h5,7-10H,2-4,6H2,1H3;5,7-10H,2-4,6H2,1H3;5-7,9-10,22H,2-4,8H2,1H3;3,5-6,8-9,20H,1-2,4,7H2;3-5,7,15H,1-2,6,12H2;1H,2-4H3;2-3,6H2,1H3. The number of aryl methyl sites for hydroxylation is 3. The average Bonchev–Trinajstić information content (AvgIpc) is 1.66. The molecule has 13 aromatic rings. The van der Waals surface area contributed by atoms with Crippen molar-refractivity contribution in [2.75, 3.05) is 30.3 Å². The van der Waals surface area contributed by atoms with Crippen LogP contribution in [0.25, 0.3) is 55.7 Å².